The van der Waals surface area contributed by atoms with E-state index >= 15 is 0 Å². The summed E-state index contributed by atoms with van der Waals surface area (Å²) >= 11 is 0. The van der Waals surface area contributed by atoms with Crippen LogP contribution in [0.4, 0.5) is 0 Å². The normalized spacial score (nSPS) is 20.8. The Morgan fingerprint density at radius 2 is 1.35 bits per heavy atom. The first-order valence-corrected chi connectivity index (χ1v) is 12.9. The van der Waals surface area contributed by atoms with Crippen LogP contribution in [0.15, 0.2) is 48.5 Å². The minimum absolute atomic E-state index is 0.241. The molecule has 0 saturated heterocycles. The van der Waals surface area contributed by atoms with Crippen LogP contribution in [0.25, 0.3) is 0 Å². The van der Waals surface area contributed by atoms with E-state index in [2.05, 4.69) is 62.4 Å². The first kappa shape index (κ1) is 21.6. The largest absolute Gasteiger partial charge is 0.493 e. The second-order valence-corrected chi connectivity index (χ2v) is 10.3. The van der Waals surface area contributed by atoms with Gasteiger partial charge in [-0.25, -0.2) is 0 Å². The zero-order valence-electron chi connectivity index (χ0n) is 20.4. The van der Waals surface area contributed by atoms with Crippen LogP contribution in [0.3, 0.4) is 0 Å². The minimum Gasteiger partial charge on any atom is -0.493 e. The molecule has 0 spiro atoms. The fourth-order valence-electron chi connectivity index (χ4n) is 5.79. The van der Waals surface area contributed by atoms with Gasteiger partial charge in [0.25, 0.3) is 0 Å². The Labute approximate surface area is 203 Å². The van der Waals surface area contributed by atoms with E-state index in [0.717, 1.165) is 75.2 Å². The van der Waals surface area contributed by atoms with Crippen molar-refractivity contribution in [3.8, 4) is 17.2 Å². The van der Waals surface area contributed by atoms with Gasteiger partial charge in [0.15, 0.2) is 0 Å². The maximum Gasteiger partial charge on any atom is 0.123 e. The molecule has 34 heavy (non-hydrogen) atoms. The lowest BCUT2D eigenvalue weighted by Crippen LogP contribution is -2.27. The fourth-order valence-corrected chi connectivity index (χ4v) is 5.79. The van der Waals surface area contributed by atoms with Gasteiger partial charge < -0.3 is 14.2 Å². The highest BCUT2D eigenvalue weighted by atomic mass is 16.5. The monoisotopic (exact) mass is 454 g/mol. The Balaban J connectivity index is 1.10. The van der Waals surface area contributed by atoms with Gasteiger partial charge in [-0.05, 0) is 110 Å². The van der Waals surface area contributed by atoms with Gasteiger partial charge in [0, 0.05) is 12.8 Å². The van der Waals surface area contributed by atoms with E-state index in [9.17, 15) is 0 Å². The predicted octanol–water partition coefficient (Wildman–Crippen LogP) is 6.50. The summed E-state index contributed by atoms with van der Waals surface area (Å²) in [7, 11) is 0. The molecule has 3 aromatic rings. The molecule has 0 N–H and O–H groups in total. The van der Waals surface area contributed by atoms with Crippen molar-refractivity contribution in [1.29, 1.82) is 0 Å². The predicted molar refractivity (Wildman–Crippen MR) is 135 cm³/mol. The van der Waals surface area contributed by atoms with Crippen LogP contribution in [0.1, 0.15) is 58.2 Å². The van der Waals surface area contributed by atoms with Gasteiger partial charge in [-0.1, -0.05) is 30.3 Å². The molecule has 2 atom stereocenters. The Bertz CT molecular complexity index is 1210. The molecule has 176 valence electrons. The first-order valence-electron chi connectivity index (χ1n) is 12.9. The third kappa shape index (κ3) is 4.29. The maximum atomic E-state index is 6.43. The Morgan fingerprint density at radius 1 is 0.706 bits per heavy atom. The molecular weight excluding hydrogens is 420 g/mol. The van der Waals surface area contributed by atoms with Crippen molar-refractivity contribution >= 4 is 0 Å². The van der Waals surface area contributed by atoms with Crippen molar-refractivity contribution in [3.63, 3.8) is 0 Å². The third-order valence-corrected chi connectivity index (χ3v) is 7.89. The van der Waals surface area contributed by atoms with Crippen molar-refractivity contribution in [2.45, 2.75) is 77.4 Å². The van der Waals surface area contributed by atoms with Crippen molar-refractivity contribution in [2.75, 3.05) is 6.61 Å². The molecule has 3 aliphatic rings. The topological polar surface area (TPSA) is 27.7 Å². The molecule has 0 bridgehead atoms. The summed E-state index contributed by atoms with van der Waals surface area (Å²) in [6.07, 6.45) is 8.98. The van der Waals surface area contributed by atoms with Crippen molar-refractivity contribution in [2.24, 2.45) is 0 Å². The molecule has 3 aliphatic heterocycles. The molecule has 3 heterocycles. The average molecular weight is 455 g/mol. The maximum absolute atomic E-state index is 6.43. The summed E-state index contributed by atoms with van der Waals surface area (Å²) in [4.78, 5) is 0. The number of hydrogen-bond donors (Lipinski definition) is 0. The van der Waals surface area contributed by atoms with Crippen LogP contribution in [-0.2, 0) is 32.1 Å². The number of rotatable bonds is 4. The molecule has 0 aliphatic carbocycles. The molecule has 3 aromatic carbocycles. The van der Waals surface area contributed by atoms with E-state index in [0.29, 0.717) is 0 Å². The van der Waals surface area contributed by atoms with Crippen LogP contribution < -0.4 is 14.2 Å². The summed E-state index contributed by atoms with van der Waals surface area (Å²) in [5.74, 6) is 3.20. The standard InChI is InChI=1S/C31H34O3/c1-20-5-12-31-28(21(20)2)11-10-27(34-31)19-23-7-14-30-25(17-23)8-9-26(33-30)18-22-6-13-29-24(16-22)4-3-15-32-29/h5-7,12-14,16-17,26-27H,3-4,8-11,15,18-19H2,1-2H3. The average Bonchev–Trinajstić information content (AvgIpc) is 2.86. The zero-order valence-corrected chi connectivity index (χ0v) is 20.4. The number of fused-ring (bicyclic) bond motifs is 3. The highest BCUT2D eigenvalue weighted by Gasteiger charge is 2.24. The Morgan fingerprint density at radius 3 is 2.15 bits per heavy atom. The molecule has 0 radical (unpaired) electrons. The van der Waals surface area contributed by atoms with Gasteiger partial charge >= 0.3 is 0 Å². The Kier molecular flexibility index (Phi) is 5.72. The lowest BCUT2D eigenvalue weighted by molar-refractivity contribution is 0.170. The highest BCUT2D eigenvalue weighted by molar-refractivity contribution is 5.46. The molecule has 0 aromatic heterocycles. The van der Waals surface area contributed by atoms with E-state index in [1.165, 1.54) is 38.9 Å². The van der Waals surface area contributed by atoms with E-state index in [-0.39, 0.29) is 12.2 Å². The zero-order chi connectivity index (χ0) is 23.1. The minimum atomic E-state index is 0.241. The Hall–Kier alpha value is -2.94. The SMILES string of the molecule is Cc1ccc2c(c1C)CCC(Cc1ccc3c(c1)CCC(Cc1ccc4c(c1)CCCO4)O3)O2. The molecule has 0 amide bonds. The van der Waals surface area contributed by atoms with Crippen molar-refractivity contribution < 1.29 is 14.2 Å². The van der Waals surface area contributed by atoms with Gasteiger partial charge in [0.2, 0.25) is 0 Å². The van der Waals surface area contributed by atoms with Crippen LogP contribution in [0, 0.1) is 13.8 Å². The summed E-state index contributed by atoms with van der Waals surface area (Å²) in [6, 6.07) is 17.8. The summed E-state index contributed by atoms with van der Waals surface area (Å²) in [5, 5.41) is 0. The molecule has 6 rings (SSSR count). The van der Waals surface area contributed by atoms with Crippen molar-refractivity contribution in [3.05, 3.63) is 87.5 Å². The van der Waals surface area contributed by atoms with Gasteiger partial charge in [-0.2, -0.15) is 0 Å². The smallest absolute Gasteiger partial charge is 0.123 e. The number of benzene rings is 3. The molecule has 0 fully saturated rings. The van der Waals surface area contributed by atoms with E-state index in [1.54, 1.807) is 0 Å². The summed E-state index contributed by atoms with van der Waals surface area (Å²) < 4.78 is 18.6. The molecule has 3 nitrogen and oxygen atoms in total. The number of ether oxygens (including phenoxy) is 3. The van der Waals surface area contributed by atoms with E-state index in [4.69, 9.17) is 14.2 Å². The summed E-state index contributed by atoms with van der Waals surface area (Å²) in [5.41, 5.74) is 9.54. The number of aryl methyl sites for hydroxylation is 3. The first-order chi connectivity index (χ1) is 16.6. The van der Waals surface area contributed by atoms with E-state index < -0.39 is 0 Å². The van der Waals surface area contributed by atoms with E-state index in [1.807, 2.05) is 0 Å². The van der Waals surface area contributed by atoms with Crippen LogP contribution in [0.2, 0.25) is 0 Å². The number of hydrogen-bond acceptors (Lipinski definition) is 3. The molecule has 2 unspecified atom stereocenters. The van der Waals surface area contributed by atoms with Gasteiger partial charge in [-0.3, -0.25) is 0 Å². The third-order valence-electron chi connectivity index (χ3n) is 7.89. The lowest BCUT2D eigenvalue weighted by atomic mass is 9.91. The fraction of sp³-hybridized carbons (Fsp3) is 0.419. The molecule has 3 heteroatoms. The van der Waals surface area contributed by atoms with Crippen LogP contribution in [0.5, 0.6) is 17.2 Å². The van der Waals surface area contributed by atoms with Crippen molar-refractivity contribution in [1.82, 2.24) is 0 Å². The van der Waals surface area contributed by atoms with Gasteiger partial charge in [-0.15, -0.1) is 0 Å². The van der Waals surface area contributed by atoms with Crippen LogP contribution in [-0.4, -0.2) is 18.8 Å². The second-order valence-electron chi connectivity index (χ2n) is 10.3. The molecule has 0 saturated carbocycles. The summed E-state index contributed by atoms with van der Waals surface area (Å²) in [6.45, 7) is 5.24. The van der Waals surface area contributed by atoms with Crippen LogP contribution >= 0.6 is 0 Å². The lowest BCUT2D eigenvalue weighted by Gasteiger charge is -2.29. The molecular formula is C31H34O3. The highest BCUT2D eigenvalue weighted by Crippen LogP contribution is 2.35. The second kappa shape index (κ2) is 9.02. The van der Waals surface area contributed by atoms with Gasteiger partial charge in [0.1, 0.15) is 29.5 Å². The quantitative estimate of drug-likeness (QED) is 0.450. The van der Waals surface area contributed by atoms with Gasteiger partial charge in [0.05, 0.1) is 6.61 Å².